The average Bonchev–Trinajstić information content (AvgIpc) is 2.28. The molecule has 1 rings (SSSR count). The third-order valence-corrected chi connectivity index (χ3v) is 5.56. The van der Waals surface area contributed by atoms with Gasteiger partial charge in [0.25, 0.3) is 0 Å². The predicted octanol–water partition coefficient (Wildman–Crippen LogP) is 4.03. The van der Waals surface area contributed by atoms with Gasteiger partial charge in [-0.25, -0.2) is 0 Å². The lowest BCUT2D eigenvalue weighted by molar-refractivity contribution is 0.282. The lowest BCUT2D eigenvalue weighted by Crippen LogP contribution is -2.47. The van der Waals surface area contributed by atoms with Crippen molar-refractivity contribution in [3.05, 3.63) is 0 Å². The molecule has 2 nitrogen and oxygen atoms in total. The van der Waals surface area contributed by atoms with Gasteiger partial charge in [-0.3, -0.25) is 0 Å². The van der Waals surface area contributed by atoms with Crippen LogP contribution in [-0.4, -0.2) is 15.3 Å². The minimum atomic E-state index is -0.942. The van der Waals surface area contributed by atoms with E-state index in [9.17, 15) is 4.55 Å². The summed E-state index contributed by atoms with van der Waals surface area (Å²) in [6.45, 7) is 10.6. The Balaban J connectivity index is 2.49. The molecule has 2 atom stereocenters. The quantitative estimate of drug-likeness (QED) is 0.767. The first-order chi connectivity index (χ1) is 8.30. The highest BCUT2D eigenvalue weighted by Gasteiger charge is 2.31. The highest BCUT2D eigenvalue weighted by molar-refractivity contribution is 7.90. The fourth-order valence-corrected chi connectivity index (χ4v) is 3.55. The molecule has 1 saturated carbocycles. The molecule has 0 aromatic rings. The zero-order valence-corrected chi connectivity index (χ0v) is 13.6. The number of hydrogen-bond donors (Lipinski definition) is 1. The number of hydrogen-bond acceptors (Lipinski definition) is 2. The van der Waals surface area contributed by atoms with Crippen molar-refractivity contribution >= 4 is 11.4 Å². The molecule has 1 fully saturated rings. The van der Waals surface area contributed by atoms with Crippen molar-refractivity contribution in [3.63, 3.8) is 0 Å². The maximum Gasteiger partial charge on any atom is 0.136 e. The highest BCUT2D eigenvalue weighted by Crippen LogP contribution is 2.29. The molecular weight excluding hydrogens is 242 g/mol. The first-order valence-electron chi connectivity index (χ1n) is 7.48. The van der Waals surface area contributed by atoms with Gasteiger partial charge in [0.2, 0.25) is 0 Å². The van der Waals surface area contributed by atoms with Crippen LogP contribution in [-0.2, 0) is 11.4 Å². The van der Waals surface area contributed by atoms with Gasteiger partial charge in [-0.15, -0.1) is 4.72 Å². The second-order valence-electron chi connectivity index (χ2n) is 7.09. The van der Waals surface area contributed by atoms with E-state index in [-0.39, 0.29) is 4.75 Å². The topological polar surface area (TPSA) is 35.1 Å². The molecule has 0 aliphatic heterocycles. The summed E-state index contributed by atoms with van der Waals surface area (Å²) in [5.74, 6) is 1.40. The molecule has 18 heavy (non-hydrogen) atoms. The van der Waals surface area contributed by atoms with E-state index < -0.39 is 11.4 Å². The van der Waals surface area contributed by atoms with Crippen molar-refractivity contribution < 1.29 is 4.55 Å². The van der Waals surface area contributed by atoms with Crippen LogP contribution in [0.15, 0.2) is 0 Å². The van der Waals surface area contributed by atoms with Crippen molar-refractivity contribution in [2.24, 2.45) is 11.8 Å². The molecule has 0 amide bonds. The molecule has 3 heteroatoms. The second-order valence-corrected chi connectivity index (χ2v) is 9.09. The summed E-state index contributed by atoms with van der Waals surface area (Å²) in [5.41, 5.74) is 0. The fraction of sp³-hybridized carbons (Fsp3) is 1.00. The third kappa shape index (κ3) is 5.50. The van der Waals surface area contributed by atoms with Gasteiger partial charge in [0.15, 0.2) is 0 Å². The molecule has 0 saturated heterocycles. The molecule has 0 aromatic carbocycles. The van der Waals surface area contributed by atoms with Crippen LogP contribution < -0.4 is 4.72 Å². The highest BCUT2D eigenvalue weighted by atomic mass is 32.2. The summed E-state index contributed by atoms with van der Waals surface area (Å²) in [4.78, 5) is 0. The number of nitrogens with one attached hydrogen (secondary N) is 1. The molecular formula is C15H31NOS. The molecule has 0 aromatic heterocycles. The van der Waals surface area contributed by atoms with Gasteiger partial charge in [0.1, 0.15) is 4.75 Å². The lowest BCUT2D eigenvalue weighted by atomic mass is 9.83. The van der Waals surface area contributed by atoms with Crippen LogP contribution in [0.4, 0.5) is 0 Å². The van der Waals surface area contributed by atoms with Crippen molar-refractivity contribution in [1.29, 1.82) is 0 Å². The van der Waals surface area contributed by atoms with Gasteiger partial charge in [-0.2, -0.15) is 0 Å². The van der Waals surface area contributed by atoms with E-state index in [0.29, 0.717) is 12.0 Å². The Morgan fingerprint density at radius 1 is 1.17 bits per heavy atom. The minimum Gasteiger partial charge on any atom is -0.598 e. The fourth-order valence-electron chi connectivity index (χ4n) is 2.55. The van der Waals surface area contributed by atoms with Crippen LogP contribution >= 0.6 is 0 Å². The molecule has 1 N–H and O–H groups in total. The first kappa shape index (κ1) is 16.3. The molecule has 0 heterocycles. The molecule has 1 aliphatic rings. The Morgan fingerprint density at radius 3 is 2.17 bits per heavy atom. The Bertz CT molecular complexity index is 231. The summed E-state index contributed by atoms with van der Waals surface area (Å²) < 4.78 is 15.4. The third-order valence-electron chi connectivity index (χ3n) is 3.93. The van der Waals surface area contributed by atoms with Gasteiger partial charge in [-0.1, -0.05) is 46.0 Å². The van der Waals surface area contributed by atoms with Gasteiger partial charge in [0.05, 0.1) is 6.04 Å². The van der Waals surface area contributed by atoms with E-state index >= 15 is 0 Å². The average molecular weight is 273 g/mol. The largest absolute Gasteiger partial charge is 0.598 e. The maximum absolute atomic E-state index is 12.2. The molecule has 0 radical (unpaired) electrons. The van der Waals surface area contributed by atoms with Gasteiger partial charge in [0, 0.05) is 11.4 Å². The van der Waals surface area contributed by atoms with Crippen LogP contribution in [0.5, 0.6) is 0 Å². The van der Waals surface area contributed by atoms with E-state index in [4.69, 9.17) is 0 Å². The standard InChI is InChI=1S/C15H31NOS/c1-12(2)14(16-18(17)15(3,4)5)11-13-9-7-6-8-10-13/h12-14,16H,6-11H2,1-5H3/t14-,18?/m1/s1. The molecule has 108 valence electrons. The Labute approximate surface area is 117 Å². The summed E-state index contributed by atoms with van der Waals surface area (Å²) in [5, 5.41) is 0. The van der Waals surface area contributed by atoms with E-state index in [1.54, 1.807) is 0 Å². The normalized spacial score (nSPS) is 22.2. The van der Waals surface area contributed by atoms with E-state index in [0.717, 1.165) is 5.92 Å². The Morgan fingerprint density at radius 2 is 1.72 bits per heavy atom. The van der Waals surface area contributed by atoms with Crippen molar-refractivity contribution in [2.45, 2.75) is 83.9 Å². The predicted molar refractivity (Wildman–Crippen MR) is 80.8 cm³/mol. The van der Waals surface area contributed by atoms with Gasteiger partial charge in [-0.05, 0) is 39.0 Å². The minimum absolute atomic E-state index is 0.167. The van der Waals surface area contributed by atoms with Crippen LogP contribution in [0, 0.1) is 11.8 Å². The summed E-state index contributed by atoms with van der Waals surface area (Å²) in [6, 6.07) is 0.396. The SMILES string of the molecule is CC(C)[C@@H](CC1CCCCC1)N[S+]([O-])C(C)(C)C. The monoisotopic (exact) mass is 273 g/mol. The van der Waals surface area contributed by atoms with E-state index in [1.165, 1.54) is 38.5 Å². The van der Waals surface area contributed by atoms with Crippen LogP contribution in [0.2, 0.25) is 0 Å². The van der Waals surface area contributed by atoms with Crippen LogP contribution in [0.1, 0.15) is 73.1 Å². The van der Waals surface area contributed by atoms with Crippen molar-refractivity contribution in [3.8, 4) is 0 Å². The van der Waals surface area contributed by atoms with Crippen LogP contribution in [0.3, 0.4) is 0 Å². The van der Waals surface area contributed by atoms with E-state index in [1.807, 2.05) is 20.8 Å². The van der Waals surface area contributed by atoms with Gasteiger partial charge >= 0.3 is 0 Å². The summed E-state index contributed by atoms with van der Waals surface area (Å²) >= 11 is -0.942. The van der Waals surface area contributed by atoms with Crippen LogP contribution in [0.25, 0.3) is 0 Å². The zero-order chi connectivity index (χ0) is 13.8. The van der Waals surface area contributed by atoms with Gasteiger partial charge < -0.3 is 4.55 Å². The molecule has 1 aliphatic carbocycles. The molecule has 1 unspecified atom stereocenters. The maximum atomic E-state index is 12.2. The smallest absolute Gasteiger partial charge is 0.136 e. The van der Waals surface area contributed by atoms with E-state index in [2.05, 4.69) is 18.6 Å². The Kier molecular flexibility index (Phi) is 6.49. The number of rotatable bonds is 5. The summed E-state index contributed by atoms with van der Waals surface area (Å²) in [7, 11) is 0. The zero-order valence-electron chi connectivity index (χ0n) is 12.8. The van der Waals surface area contributed by atoms with Crippen molar-refractivity contribution in [1.82, 2.24) is 4.72 Å². The Hall–Kier alpha value is 0.270. The van der Waals surface area contributed by atoms with Crippen molar-refractivity contribution in [2.75, 3.05) is 0 Å². The second kappa shape index (κ2) is 7.16. The molecule has 0 spiro atoms. The first-order valence-corrected chi connectivity index (χ1v) is 8.63. The molecule has 0 bridgehead atoms. The lowest BCUT2D eigenvalue weighted by Gasteiger charge is -2.32. The summed E-state index contributed by atoms with van der Waals surface area (Å²) in [6.07, 6.45) is 8.11.